The van der Waals surface area contributed by atoms with E-state index in [2.05, 4.69) is 10.6 Å². The topological polar surface area (TPSA) is 97.0 Å². The highest BCUT2D eigenvalue weighted by Gasteiger charge is 2.29. The lowest BCUT2D eigenvalue weighted by molar-refractivity contribution is -0.121. The quantitative estimate of drug-likeness (QED) is 0.701. The van der Waals surface area contributed by atoms with Crippen LogP contribution >= 0.6 is 0 Å². The van der Waals surface area contributed by atoms with E-state index in [-0.39, 0.29) is 35.2 Å². The van der Waals surface area contributed by atoms with E-state index in [1.165, 1.54) is 12.1 Å². The summed E-state index contributed by atoms with van der Waals surface area (Å²) in [6, 6.07) is 3.69. The summed E-state index contributed by atoms with van der Waals surface area (Å²) in [7, 11) is 0. The molecule has 1 aliphatic rings. The number of piperidine rings is 1. The molecule has 3 amide bonds. The van der Waals surface area contributed by atoms with Crippen molar-refractivity contribution in [3.05, 3.63) is 24.0 Å². The summed E-state index contributed by atoms with van der Waals surface area (Å²) >= 11 is 0. The van der Waals surface area contributed by atoms with Gasteiger partial charge in [0, 0.05) is 19.0 Å². The predicted octanol–water partition coefficient (Wildman–Crippen LogP) is 4.62. The van der Waals surface area contributed by atoms with Crippen molar-refractivity contribution >= 4 is 29.5 Å². The second-order valence-corrected chi connectivity index (χ2v) is 9.04. The molecule has 31 heavy (non-hydrogen) atoms. The Morgan fingerprint density at radius 1 is 1.13 bits per heavy atom. The van der Waals surface area contributed by atoms with Crippen LogP contribution in [0.5, 0.6) is 0 Å². The molecule has 0 spiro atoms. The van der Waals surface area contributed by atoms with E-state index in [1.54, 1.807) is 25.7 Å². The summed E-state index contributed by atoms with van der Waals surface area (Å²) in [5.41, 5.74) is -0.314. The number of amides is 3. The fourth-order valence-electron chi connectivity index (χ4n) is 3.03. The van der Waals surface area contributed by atoms with Crippen LogP contribution in [0.2, 0.25) is 0 Å². The smallest absolute Gasteiger partial charge is 0.412 e. The van der Waals surface area contributed by atoms with Gasteiger partial charge in [-0.15, -0.1) is 0 Å². The number of benzene rings is 1. The molecule has 1 aliphatic heterocycles. The van der Waals surface area contributed by atoms with Crippen LogP contribution in [0.25, 0.3) is 0 Å². The van der Waals surface area contributed by atoms with E-state index in [9.17, 15) is 18.8 Å². The highest BCUT2D eigenvalue weighted by Crippen LogP contribution is 2.26. The van der Waals surface area contributed by atoms with Crippen molar-refractivity contribution in [3.8, 4) is 0 Å². The first kappa shape index (κ1) is 24.4. The molecule has 0 saturated carbocycles. The fourth-order valence-corrected chi connectivity index (χ4v) is 3.03. The van der Waals surface area contributed by atoms with E-state index in [0.717, 1.165) is 6.07 Å². The van der Waals surface area contributed by atoms with Gasteiger partial charge in [0.15, 0.2) is 0 Å². The molecule has 2 rings (SSSR count). The number of rotatable bonds is 5. The molecule has 1 heterocycles. The molecular weight excluding hydrogens is 405 g/mol. The monoisotopic (exact) mass is 437 g/mol. The molecule has 172 valence electrons. The third-order valence-corrected chi connectivity index (χ3v) is 4.54. The molecule has 1 aromatic carbocycles. The molecule has 0 atom stereocenters. The number of likely N-dealkylation sites (tertiary alicyclic amines) is 1. The van der Waals surface area contributed by atoms with Crippen LogP contribution in [0.3, 0.4) is 0 Å². The second kappa shape index (κ2) is 10.5. The Morgan fingerprint density at radius 2 is 1.77 bits per heavy atom. The molecule has 0 bridgehead atoms. The minimum Gasteiger partial charge on any atom is -0.449 e. The van der Waals surface area contributed by atoms with Gasteiger partial charge in [0.05, 0.1) is 18.0 Å². The van der Waals surface area contributed by atoms with Gasteiger partial charge in [0.2, 0.25) is 5.91 Å². The second-order valence-electron chi connectivity index (χ2n) is 9.04. The summed E-state index contributed by atoms with van der Waals surface area (Å²) in [5, 5.41) is 5.23. The molecule has 0 radical (unpaired) electrons. The van der Waals surface area contributed by atoms with Crippen molar-refractivity contribution in [2.45, 2.75) is 53.1 Å². The molecule has 2 N–H and O–H groups in total. The van der Waals surface area contributed by atoms with Gasteiger partial charge in [0.1, 0.15) is 11.4 Å². The van der Waals surface area contributed by atoms with Crippen molar-refractivity contribution in [2.24, 2.45) is 11.8 Å². The van der Waals surface area contributed by atoms with Crippen molar-refractivity contribution in [1.82, 2.24) is 4.90 Å². The fraction of sp³-hybridized carbons (Fsp3) is 0.591. The summed E-state index contributed by atoms with van der Waals surface area (Å²) < 4.78 is 24.2. The van der Waals surface area contributed by atoms with Crippen LogP contribution in [0.1, 0.15) is 47.5 Å². The third-order valence-electron chi connectivity index (χ3n) is 4.54. The Labute approximate surface area is 182 Å². The number of nitrogens with one attached hydrogen (secondary N) is 2. The summed E-state index contributed by atoms with van der Waals surface area (Å²) in [6.45, 7) is 10.3. The van der Waals surface area contributed by atoms with E-state index >= 15 is 0 Å². The van der Waals surface area contributed by atoms with Gasteiger partial charge >= 0.3 is 12.2 Å². The normalized spacial score (nSPS) is 14.9. The number of anilines is 2. The van der Waals surface area contributed by atoms with Crippen LogP contribution in [0, 0.1) is 17.7 Å². The zero-order valence-corrected chi connectivity index (χ0v) is 18.8. The van der Waals surface area contributed by atoms with Gasteiger partial charge in [-0.2, -0.15) is 0 Å². The van der Waals surface area contributed by atoms with Crippen molar-refractivity contribution in [3.63, 3.8) is 0 Å². The molecule has 1 saturated heterocycles. The first-order chi connectivity index (χ1) is 14.4. The van der Waals surface area contributed by atoms with Gasteiger partial charge < -0.3 is 19.7 Å². The van der Waals surface area contributed by atoms with Gasteiger partial charge in [-0.3, -0.25) is 10.1 Å². The number of carbonyl (C=O) groups excluding carboxylic acids is 3. The average molecular weight is 438 g/mol. The van der Waals surface area contributed by atoms with E-state index in [4.69, 9.17) is 9.47 Å². The molecule has 9 heteroatoms. The maximum absolute atomic E-state index is 13.8. The lowest BCUT2D eigenvalue weighted by Gasteiger charge is -2.31. The van der Waals surface area contributed by atoms with Crippen LogP contribution in [0.15, 0.2) is 18.2 Å². The number of carbonyl (C=O) groups is 3. The number of halogens is 1. The first-order valence-corrected chi connectivity index (χ1v) is 10.5. The number of ether oxygens (including phenoxy) is 2. The van der Waals surface area contributed by atoms with Crippen molar-refractivity contribution < 1.29 is 28.2 Å². The summed E-state index contributed by atoms with van der Waals surface area (Å²) in [4.78, 5) is 38.4. The maximum Gasteiger partial charge on any atom is 0.412 e. The molecule has 0 aliphatic carbocycles. The van der Waals surface area contributed by atoms with E-state index in [1.807, 2.05) is 13.8 Å². The number of hydrogen-bond donors (Lipinski definition) is 2. The minimum absolute atomic E-state index is 0.148. The lowest BCUT2D eigenvalue weighted by Crippen LogP contribution is -2.42. The maximum atomic E-state index is 13.8. The van der Waals surface area contributed by atoms with Crippen molar-refractivity contribution in [1.29, 1.82) is 0 Å². The van der Waals surface area contributed by atoms with Gasteiger partial charge in [0.25, 0.3) is 0 Å². The molecule has 0 unspecified atom stereocenters. The van der Waals surface area contributed by atoms with Gasteiger partial charge in [-0.25, -0.2) is 14.0 Å². The molecular formula is C22H32FN3O5. The zero-order valence-electron chi connectivity index (χ0n) is 18.8. The Morgan fingerprint density at radius 3 is 2.35 bits per heavy atom. The largest absolute Gasteiger partial charge is 0.449 e. The van der Waals surface area contributed by atoms with Crippen LogP contribution in [-0.4, -0.2) is 48.3 Å². The molecule has 0 aromatic heterocycles. The minimum atomic E-state index is -0.706. The molecule has 1 aromatic rings. The standard InChI is InChI=1S/C22H32FN3O5/c1-14(2)13-30-21(29)26-10-8-15(9-11-26)19(27)24-18-12-16(23)6-7-17(18)25-20(28)31-22(3,4)5/h6-7,12,14-15H,8-11,13H2,1-5H3,(H,24,27)(H,25,28). The highest BCUT2D eigenvalue weighted by atomic mass is 19.1. The Bertz CT molecular complexity index is 799. The number of hydrogen-bond acceptors (Lipinski definition) is 5. The van der Waals surface area contributed by atoms with E-state index in [0.29, 0.717) is 32.5 Å². The zero-order chi connectivity index (χ0) is 23.2. The highest BCUT2D eigenvalue weighted by molar-refractivity contribution is 5.98. The van der Waals surface area contributed by atoms with Crippen molar-refractivity contribution in [2.75, 3.05) is 30.3 Å². The number of nitrogens with zero attached hydrogens (tertiary/aromatic N) is 1. The SMILES string of the molecule is CC(C)COC(=O)N1CCC(C(=O)Nc2cc(F)ccc2NC(=O)OC(C)(C)C)CC1. The Balaban J connectivity index is 1.96. The Kier molecular flexibility index (Phi) is 8.24. The molecule has 8 nitrogen and oxygen atoms in total. The van der Waals surface area contributed by atoms with Gasteiger partial charge in [-0.1, -0.05) is 13.8 Å². The molecule has 1 fully saturated rings. The lowest BCUT2D eigenvalue weighted by atomic mass is 9.96. The third kappa shape index (κ3) is 8.07. The summed E-state index contributed by atoms with van der Waals surface area (Å²) in [5.74, 6) is -0.936. The van der Waals surface area contributed by atoms with Crippen LogP contribution < -0.4 is 10.6 Å². The predicted molar refractivity (Wildman–Crippen MR) is 115 cm³/mol. The first-order valence-electron chi connectivity index (χ1n) is 10.5. The van der Waals surface area contributed by atoms with Gasteiger partial charge in [-0.05, 0) is 57.7 Å². The van der Waals surface area contributed by atoms with E-state index < -0.39 is 17.5 Å². The Hall–Kier alpha value is -2.84. The van der Waals surface area contributed by atoms with Crippen LogP contribution in [-0.2, 0) is 14.3 Å². The van der Waals surface area contributed by atoms with Crippen LogP contribution in [0.4, 0.5) is 25.4 Å². The summed E-state index contributed by atoms with van der Waals surface area (Å²) in [6.07, 6.45) is -0.149. The average Bonchev–Trinajstić information content (AvgIpc) is 2.66.